The van der Waals surface area contributed by atoms with Gasteiger partial charge in [-0.1, -0.05) is 56.3 Å². The summed E-state index contributed by atoms with van der Waals surface area (Å²) in [5, 5.41) is 2.90. The molecule has 3 rings (SSSR count). The Morgan fingerprint density at radius 2 is 1.53 bits per heavy atom. The number of benzene rings is 3. The number of rotatable bonds is 10. The van der Waals surface area contributed by atoms with Crippen molar-refractivity contribution in [1.29, 1.82) is 0 Å². The molecule has 0 spiro atoms. The molecule has 1 amide bonds. The number of hydrogen-bond donors (Lipinski definition) is 1. The van der Waals surface area contributed by atoms with Crippen LogP contribution >= 0.6 is 0 Å². The fourth-order valence-corrected chi connectivity index (χ4v) is 4.88. The van der Waals surface area contributed by atoms with Crippen LogP contribution in [-0.2, 0) is 40.8 Å². The number of amides is 1. The summed E-state index contributed by atoms with van der Waals surface area (Å²) in [6, 6.07) is 20.5. The minimum atomic E-state index is -3.51. The lowest BCUT2D eigenvalue weighted by atomic mass is 10.0. The van der Waals surface area contributed by atoms with Gasteiger partial charge in [0.2, 0.25) is 10.0 Å². The van der Waals surface area contributed by atoms with Gasteiger partial charge in [0.25, 0.3) is 5.91 Å². The molecule has 0 aliphatic carbocycles. The van der Waals surface area contributed by atoms with Crippen molar-refractivity contribution < 1.29 is 17.9 Å². The summed E-state index contributed by atoms with van der Waals surface area (Å²) < 4.78 is 32.2. The molecule has 6 nitrogen and oxygen atoms in total. The van der Waals surface area contributed by atoms with E-state index in [9.17, 15) is 13.2 Å². The summed E-state index contributed by atoms with van der Waals surface area (Å²) in [4.78, 5) is 12.7. The standard InChI is InChI=1S/C27H32N2O4S/c1-5-22-10-8-11-23(6-2)26(22)29(34(4,31)32)18-20-13-15-24(16-14-20)27(30)28-25-12-7-9-21(17-25)19-33-3/h7-17H,5-6,18-19H2,1-4H3,(H,28,30). The summed E-state index contributed by atoms with van der Waals surface area (Å²) in [6.45, 7) is 4.72. The van der Waals surface area contributed by atoms with Crippen molar-refractivity contribution in [3.8, 4) is 0 Å². The molecule has 0 saturated carbocycles. The minimum absolute atomic E-state index is 0.198. The van der Waals surface area contributed by atoms with E-state index in [-0.39, 0.29) is 12.5 Å². The van der Waals surface area contributed by atoms with Crippen molar-refractivity contribution in [2.45, 2.75) is 39.8 Å². The summed E-state index contributed by atoms with van der Waals surface area (Å²) in [6.07, 6.45) is 2.71. The Morgan fingerprint density at radius 3 is 2.09 bits per heavy atom. The lowest BCUT2D eigenvalue weighted by molar-refractivity contribution is 0.102. The molecule has 0 unspecified atom stereocenters. The maximum Gasteiger partial charge on any atom is 0.255 e. The molecule has 0 atom stereocenters. The van der Waals surface area contributed by atoms with Gasteiger partial charge in [0.05, 0.1) is 25.1 Å². The SMILES string of the molecule is CCc1cccc(CC)c1N(Cc1ccc(C(=O)Nc2cccc(COC)c2)cc1)S(C)(=O)=O. The molecule has 0 heterocycles. The van der Waals surface area contributed by atoms with Crippen LogP contribution in [0, 0.1) is 0 Å². The maximum atomic E-state index is 12.8. The Labute approximate surface area is 202 Å². The second-order valence-electron chi connectivity index (χ2n) is 8.19. The normalized spacial score (nSPS) is 11.3. The van der Waals surface area contributed by atoms with Gasteiger partial charge in [0.15, 0.2) is 0 Å². The average Bonchev–Trinajstić information content (AvgIpc) is 2.82. The van der Waals surface area contributed by atoms with Crippen LogP contribution in [0.5, 0.6) is 0 Å². The monoisotopic (exact) mass is 480 g/mol. The smallest absolute Gasteiger partial charge is 0.255 e. The lowest BCUT2D eigenvalue weighted by Gasteiger charge is -2.27. The molecule has 34 heavy (non-hydrogen) atoms. The first-order valence-corrected chi connectivity index (χ1v) is 13.2. The Hall–Kier alpha value is -3.16. The van der Waals surface area contributed by atoms with Crippen LogP contribution in [0.4, 0.5) is 11.4 Å². The van der Waals surface area contributed by atoms with Crippen LogP contribution in [0.1, 0.15) is 46.5 Å². The molecule has 7 heteroatoms. The van der Waals surface area contributed by atoms with E-state index >= 15 is 0 Å². The Kier molecular flexibility index (Phi) is 8.47. The Bertz CT molecular complexity index is 1220. The molecule has 0 fully saturated rings. The van der Waals surface area contributed by atoms with Gasteiger partial charge in [-0.3, -0.25) is 9.10 Å². The van der Waals surface area contributed by atoms with Crippen LogP contribution < -0.4 is 9.62 Å². The number of ether oxygens (including phenoxy) is 1. The average molecular weight is 481 g/mol. The van der Waals surface area contributed by atoms with Gasteiger partial charge >= 0.3 is 0 Å². The van der Waals surface area contributed by atoms with Crippen LogP contribution in [0.3, 0.4) is 0 Å². The quantitative estimate of drug-likeness (QED) is 0.434. The summed E-state index contributed by atoms with van der Waals surface area (Å²) in [7, 11) is -1.89. The van der Waals surface area contributed by atoms with Gasteiger partial charge in [-0.2, -0.15) is 0 Å². The highest BCUT2D eigenvalue weighted by atomic mass is 32.2. The highest BCUT2D eigenvalue weighted by Gasteiger charge is 2.23. The second kappa shape index (κ2) is 11.3. The van der Waals surface area contributed by atoms with Crippen molar-refractivity contribution in [2.75, 3.05) is 23.0 Å². The number of carbonyl (C=O) groups excluding carboxylic acids is 1. The molecular weight excluding hydrogens is 448 g/mol. The third-order valence-corrected chi connectivity index (χ3v) is 6.77. The van der Waals surface area contributed by atoms with Gasteiger partial charge in [-0.05, 0) is 59.4 Å². The zero-order valence-electron chi connectivity index (χ0n) is 20.2. The number of nitrogens with one attached hydrogen (secondary N) is 1. The first-order chi connectivity index (χ1) is 16.3. The summed E-state index contributed by atoms with van der Waals surface area (Å²) >= 11 is 0. The number of nitrogens with zero attached hydrogens (tertiary/aromatic N) is 1. The Balaban J connectivity index is 1.82. The van der Waals surface area contributed by atoms with E-state index in [2.05, 4.69) is 5.32 Å². The minimum Gasteiger partial charge on any atom is -0.380 e. The van der Waals surface area contributed by atoms with Crippen molar-refractivity contribution >= 4 is 27.3 Å². The van der Waals surface area contributed by atoms with Crippen molar-refractivity contribution in [1.82, 2.24) is 0 Å². The maximum absolute atomic E-state index is 12.8. The molecule has 1 N–H and O–H groups in total. The van der Waals surface area contributed by atoms with Gasteiger partial charge < -0.3 is 10.1 Å². The first kappa shape index (κ1) is 25.5. The zero-order chi connectivity index (χ0) is 24.7. The molecule has 3 aromatic rings. The van der Waals surface area contributed by atoms with Crippen LogP contribution in [-0.4, -0.2) is 27.7 Å². The molecule has 3 aromatic carbocycles. The number of anilines is 2. The number of carbonyl (C=O) groups is 1. The highest BCUT2D eigenvalue weighted by molar-refractivity contribution is 7.92. The topological polar surface area (TPSA) is 75.7 Å². The first-order valence-electron chi connectivity index (χ1n) is 11.3. The summed E-state index contributed by atoms with van der Waals surface area (Å²) in [5.74, 6) is -0.231. The van der Waals surface area contributed by atoms with E-state index in [1.165, 1.54) is 10.6 Å². The number of methoxy groups -OCH3 is 1. The molecular formula is C27H32N2O4S. The number of sulfonamides is 1. The fourth-order valence-electron chi connectivity index (χ4n) is 3.93. The predicted molar refractivity (Wildman–Crippen MR) is 138 cm³/mol. The second-order valence-corrected chi connectivity index (χ2v) is 10.1. The molecule has 0 aliphatic heterocycles. The van der Waals surface area contributed by atoms with E-state index in [0.717, 1.165) is 40.8 Å². The largest absolute Gasteiger partial charge is 0.380 e. The zero-order valence-corrected chi connectivity index (χ0v) is 21.0. The van der Waals surface area contributed by atoms with Gasteiger partial charge in [-0.15, -0.1) is 0 Å². The summed E-state index contributed by atoms with van der Waals surface area (Å²) in [5.41, 5.74) is 5.71. The number of hydrogen-bond acceptors (Lipinski definition) is 4. The van der Waals surface area contributed by atoms with Crippen molar-refractivity contribution in [3.63, 3.8) is 0 Å². The van der Waals surface area contributed by atoms with E-state index < -0.39 is 10.0 Å². The third-order valence-electron chi connectivity index (χ3n) is 5.65. The van der Waals surface area contributed by atoms with E-state index in [0.29, 0.717) is 17.9 Å². The van der Waals surface area contributed by atoms with Crippen LogP contribution in [0.15, 0.2) is 66.7 Å². The molecule has 0 aliphatic rings. The van der Waals surface area contributed by atoms with Gasteiger partial charge in [0.1, 0.15) is 0 Å². The van der Waals surface area contributed by atoms with Crippen molar-refractivity contribution in [3.05, 3.63) is 94.5 Å². The molecule has 0 radical (unpaired) electrons. The number of para-hydroxylation sites is 1. The van der Waals surface area contributed by atoms with Crippen LogP contribution in [0.2, 0.25) is 0 Å². The molecule has 0 aromatic heterocycles. The molecule has 180 valence electrons. The van der Waals surface area contributed by atoms with E-state index in [1.807, 2.05) is 56.3 Å². The highest BCUT2D eigenvalue weighted by Crippen LogP contribution is 2.30. The van der Waals surface area contributed by atoms with Crippen molar-refractivity contribution in [2.24, 2.45) is 0 Å². The van der Waals surface area contributed by atoms with E-state index in [4.69, 9.17) is 4.74 Å². The predicted octanol–water partition coefficient (Wildman–Crippen LogP) is 5.18. The van der Waals surface area contributed by atoms with Crippen LogP contribution in [0.25, 0.3) is 0 Å². The Morgan fingerprint density at radius 1 is 0.912 bits per heavy atom. The lowest BCUT2D eigenvalue weighted by Crippen LogP contribution is -2.31. The van der Waals surface area contributed by atoms with Gasteiger partial charge in [-0.25, -0.2) is 8.42 Å². The fraction of sp³-hybridized carbons (Fsp3) is 0.296. The third kappa shape index (κ3) is 6.24. The van der Waals surface area contributed by atoms with Gasteiger partial charge in [0, 0.05) is 18.4 Å². The molecule has 0 bridgehead atoms. The van der Waals surface area contributed by atoms with E-state index in [1.54, 1.807) is 31.4 Å². The number of aryl methyl sites for hydroxylation is 2. The molecule has 0 saturated heterocycles.